The van der Waals surface area contributed by atoms with Gasteiger partial charge in [-0.2, -0.15) is 0 Å². The number of anilines is 1. The molecule has 2 heteroatoms. The van der Waals surface area contributed by atoms with E-state index in [4.69, 9.17) is 0 Å². The lowest BCUT2D eigenvalue weighted by atomic mass is 10.1. The molecule has 2 rings (SSSR count). The second-order valence-corrected chi connectivity index (χ2v) is 4.37. The van der Waals surface area contributed by atoms with Crippen molar-refractivity contribution in [2.24, 2.45) is 0 Å². The average molecular weight is 240 g/mol. The van der Waals surface area contributed by atoms with Gasteiger partial charge in [-0.15, -0.1) is 0 Å². The number of rotatable bonds is 3. The van der Waals surface area contributed by atoms with Crippen molar-refractivity contribution < 1.29 is 4.39 Å². The first-order valence-corrected chi connectivity index (χ1v) is 5.86. The Balaban J connectivity index is 2.11. The minimum Gasteiger partial charge on any atom is -0.378 e. The van der Waals surface area contributed by atoms with Crippen LogP contribution in [-0.4, -0.2) is 14.1 Å². The van der Waals surface area contributed by atoms with E-state index in [0.717, 1.165) is 11.1 Å². The van der Waals surface area contributed by atoms with E-state index in [2.05, 4.69) is 29.2 Å². The highest BCUT2D eigenvalue weighted by atomic mass is 18.2. The second-order valence-electron chi connectivity index (χ2n) is 4.37. The summed E-state index contributed by atoms with van der Waals surface area (Å²) in [5, 5.41) is 0. The lowest BCUT2D eigenvalue weighted by molar-refractivity contribution is 0.628. The molecule has 0 aliphatic rings. The molecule has 0 atom stereocenters. The summed E-state index contributed by atoms with van der Waals surface area (Å²) in [6, 6.07) is 14.7. The highest BCUT2D eigenvalue weighted by Crippen LogP contribution is 2.14. The monoisotopic (exact) mass is 240 g/mol. The van der Waals surface area contributed by atoms with Crippen LogP contribution in [0.4, 0.5) is 10.1 Å². The van der Waals surface area contributed by atoms with Crippen LogP contribution in [0.5, 0.6) is 0 Å². The number of benzene rings is 2. The molecule has 1 nitrogen and oxygen atoms in total. The second kappa shape index (κ2) is 5.50. The van der Waals surface area contributed by atoms with Gasteiger partial charge in [0.1, 0.15) is 5.82 Å². The number of hydrogen-bond donors (Lipinski definition) is 0. The summed E-state index contributed by atoms with van der Waals surface area (Å²) in [5.74, 6) is -0.206. The molecule has 0 spiro atoms. The highest BCUT2D eigenvalue weighted by Gasteiger charge is 1.94. The summed E-state index contributed by atoms with van der Waals surface area (Å²) >= 11 is 0. The smallest absolute Gasteiger partial charge is 0.123 e. The van der Waals surface area contributed by atoms with Crippen molar-refractivity contribution in [2.45, 2.75) is 0 Å². The Kier molecular flexibility index (Phi) is 3.78. The summed E-state index contributed by atoms with van der Waals surface area (Å²) in [5.41, 5.74) is 3.30. The molecule has 0 amide bonds. The van der Waals surface area contributed by atoms with Gasteiger partial charge in [0.25, 0.3) is 0 Å². The zero-order chi connectivity index (χ0) is 13.0. The molecule has 0 aliphatic carbocycles. The molecule has 0 aliphatic heterocycles. The standard InChI is InChI=1S/C16H16FN/c1-18(2)16-11-7-14(8-12-16)4-3-13-5-9-15(17)10-6-13/h3-12H,1-2H3/b4-3+/i17-1. The minimum absolute atomic E-state index is 0.206. The van der Waals surface area contributed by atoms with Crippen LogP contribution in [0.2, 0.25) is 0 Å². The molecule has 0 bridgehead atoms. The van der Waals surface area contributed by atoms with Crippen molar-refractivity contribution in [3.05, 3.63) is 65.5 Å². The first-order chi connectivity index (χ1) is 8.65. The van der Waals surface area contributed by atoms with E-state index < -0.39 is 0 Å². The van der Waals surface area contributed by atoms with Crippen LogP contribution in [0, 0.1) is 5.82 Å². The molecule has 0 radical (unpaired) electrons. The Hall–Kier alpha value is -2.09. The summed E-state index contributed by atoms with van der Waals surface area (Å²) in [6.07, 6.45) is 4.00. The molecule has 2 aromatic carbocycles. The van der Waals surface area contributed by atoms with E-state index in [-0.39, 0.29) is 5.82 Å². The van der Waals surface area contributed by atoms with Gasteiger partial charge < -0.3 is 4.90 Å². The van der Waals surface area contributed by atoms with E-state index in [9.17, 15) is 4.39 Å². The lowest BCUT2D eigenvalue weighted by Gasteiger charge is -2.11. The molecular weight excluding hydrogens is 224 g/mol. The van der Waals surface area contributed by atoms with E-state index >= 15 is 0 Å². The summed E-state index contributed by atoms with van der Waals surface area (Å²) in [7, 11) is 4.03. The van der Waals surface area contributed by atoms with Crippen LogP contribution in [-0.2, 0) is 0 Å². The molecule has 2 aromatic rings. The molecule has 0 aromatic heterocycles. The fourth-order valence-electron chi connectivity index (χ4n) is 1.65. The molecule has 0 heterocycles. The van der Waals surface area contributed by atoms with Crippen molar-refractivity contribution in [1.82, 2.24) is 0 Å². The third-order valence-electron chi connectivity index (χ3n) is 2.75. The quantitative estimate of drug-likeness (QED) is 0.731. The van der Waals surface area contributed by atoms with Gasteiger partial charge in [0.15, 0.2) is 0 Å². The lowest BCUT2D eigenvalue weighted by Crippen LogP contribution is -2.07. The van der Waals surface area contributed by atoms with Crippen molar-refractivity contribution >= 4 is 17.8 Å². The van der Waals surface area contributed by atoms with Gasteiger partial charge in [-0.3, -0.25) is 0 Å². The van der Waals surface area contributed by atoms with Crippen LogP contribution in [0.1, 0.15) is 11.1 Å². The van der Waals surface area contributed by atoms with Crippen molar-refractivity contribution in [1.29, 1.82) is 0 Å². The third-order valence-corrected chi connectivity index (χ3v) is 2.75. The van der Waals surface area contributed by atoms with Crippen LogP contribution in [0.15, 0.2) is 48.5 Å². The van der Waals surface area contributed by atoms with Gasteiger partial charge >= 0.3 is 0 Å². The Morgan fingerprint density at radius 2 is 1.22 bits per heavy atom. The molecule has 0 unspecified atom stereocenters. The van der Waals surface area contributed by atoms with Crippen LogP contribution in [0.3, 0.4) is 0 Å². The zero-order valence-electron chi connectivity index (χ0n) is 10.6. The fraction of sp³-hybridized carbons (Fsp3) is 0.125. The number of hydrogen-bond acceptors (Lipinski definition) is 1. The fourth-order valence-corrected chi connectivity index (χ4v) is 1.65. The maximum atomic E-state index is 12.7. The van der Waals surface area contributed by atoms with E-state index in [1.807, 2.05) is 26.2 Å². The van der Waals surface area contributed by atoms with Gasteiger partial charge in [-0.1, -0.05) is 36.4 Å². The Morgan fingerprint density at radius 1 is 0.778 bits per heavy atom. The van der Waals surface area contributed by atoms with Crippen molar-refractivity contribution in [3.63, 3.8) is 0 Å². The van der Waals surface area contributed by atoms with E-state index in [1.165, 1.54) is 17.8 Å². The summed E-state index contributed by atoms with van der Waals surface area (Å²) in [4.78, 5) is 2.06. The van der Waals surface area contributed by atoms with Crippen molar-refractivity contribution in [2.75, 3.05) is 19.0 Å². The predicted octanol–water partition coefficient (Wildman–Crippen LogP) is 4.06. The van der Waals surface area contributed by atoms with Crippen LogP contribution < -0.4 is 4.90 Å². The molecule has 0 N–H and O–H groups in total. The molecule has 0 fully saturated rings. The van der Waals surface area contributed by atoms with Crippen molar-refractivity contribution in [3.8, 4) is 0 Å². The summed E-state index contributed by atoms with van der Waals surface area (Å²) in [6.45, 7) is 0. The van der Waals surface area contributed by atoms with Gasteiger partial charge in [-0.25, -0.2) is 4.39 Å². The van der Waals surface area contributed by atoms with Crippen LogP contribution >= 0.6 is 0 Å². The SMILES string of the molecule is CN(C)c1ccc(/C=C/c2ccc([18F])cc2)cc1. The molecule has 0 saturated heterocycles. The Morgan fingerprint density at radius 3 is 1.67 bits per heavy atom. The third kappa shape index (κ3) is 3.20. The first-order valence-electron chi connectivity index (χ1n) is 5.86. The van der Waals surface area contributed by atoms with E-state index in [0.29, 0.717) is 0 Å². The number of nitrogens with zero attached hydrogens (tertiary/aromatic N) is 1. The normalized spacial score (nSPS) is 10.8. The molecule has 92 valence electrons. The number of halogens is 1. The molecular formula is C16H16FN. The largest absolute Gasteiger partial charge is 0.378 e. The zero-order valence-corrected chi connectivity index (χ0v) is 10.6. The molecule has 18 heavy (non-hydrogen) atoms. The van der Waals surface area contributed by atoms with Gasteiger partial charge in [0.2, 0.25) is 0 Å². The van der Waals surface area contributed by atoms with Gasteiger partial charge in [0.05, 0.1) is 0 Å². The average Bonchev–Trinajstić information content (AvgIpc) is 2.38. The Bertz CT molecular complexity index is 524. The maximum Gasteiger partial charge on any atom is 0.123 e. The maximum absolute atomic E-state index is 12.7. The van der Waals surface area contributed by atoms with Crippen LogP contribution in [0.25, 0.3) is 12.2 Å². The topological polar surface area (TPSA) is 3.24 Å². The highest BCUT2D eigenvalue weighted by molar-refractivity contribution is 5.70. The van der Waals surface area contributed by atoms with Gasteiger partial charge in [0, 0.05) is 19.8 Å². The Labute approximate surface area is 107 Å². The summed E-state index contributed by atoms with van der Waals surface area (Å²) < 4.78 is 12.7. The first kappa shape index (κ1) is 12.4. The molecule has 0 saturated carbocycles. The van der Waals surface area contributed by atoms with E-state index in [1.54, 1.807) is 12.1 Å². The minimum atomic E-state index is -0.206. The van der Waals surface area contributed by atoms with Gasteiger partial charge in [-0.05, 0) is 35.4 Å². The predicted molar refractivity (Wildman–Crippen MR) is 76.1 cm³/mol.